The summed E-state index contributed by atoms with van der Waals surface area (Å²) in [5, 5.41) is 6.97. The van der Waals surface area contributed by atoms with Crippen LogP contribution in [0.4, 0.5) is 0 Å². The van der Waals surface area contributed by atoms with Gasteiger partial charge in [0, 0.05) is 25.2 Å². The summed E-state index contributed by atoms with van der Waals surface area (Å²) in [6, 6.07) is 8.09. The predicted molar refractivity (Wildman–Crippen MR) is 91.7 cm³/mol. The van der Waals surface area contributed by atoms with Crippen LogP contribution in [0.1, 0.15) is 33.8 Å². The normalized spacial score (nSPS) is 16.6. The molecule has 1 aliphatic heterocycles. The molecule has 2 aromatic rings. The van der Waals surface area contributed by atoms with Gasteiger partial charge < -0.3 is 14.8 Å². The third-order valence-corrected chi connectivity index (χ3v) is 5.42. The molecule has 3 rings (SSSR count). The van der Waals surface area contributed by atoms with E-state index in [1.807, 2.05) is 12.1 Å². The van der Waals surface area contributed by atoms with Gasteiger partial charge in [0.2, 0.25) is 0 Å². The summed E-state index contributed by atoms with van der Waals surface area (Å²) < 4.78 is 14.6. The lowest BCUT2D eigenvalue weighted by molar-refractivity contribution is 0.0487. The number of ether oxygens (including phenoxy) is 2. The van der Waals surface area contributed by atoms with Gasteiger partial charge in [0.25, 0.3) is 5.91 Å². The van der Waals surface area contributed by atoms with Crippen molar-refractivity contribution in [3.63, 3.8) is 0 Å². The van der Waals surface area contributed by atoms with Gasteiger partial charge in [-0.3, -0.25) is 4.79 Å². The quantitative estimate of drug-likeness (QED) is 0.899. The molecular formula is C17H21N3O3S. The largest absolute Gasteiger partial charge is 0.497 e. The molecule has 1 amide bonds. The molecule has 1 aromatic heterocycles. The molecule has 1 aromatic carbocycles. The molecule has 1 fully saturated rings. The highest BCUT2D eigenvalue weighted by Crippen LogP contribution is 2.35. The molecule has 7 heteroatoms. The zero-order chi connectivity index (χ0) is 17.0. The van der Waals surface area contributed by atoms with Gasteiger partial charge in [0.15, 0.2) is 0 Å². The molecule has 2 heterocycles. The van der Waals surface area contributed by atoms with E-state index < -0.39 is 0 Å². The van der Waals surface area contributed by atoms with E-state index in [0.717, 1.165) is 30.1 Å². The molecule has 1 aliphatic rings. The van der Waals surface area contributed by atoms with Gasteiger partial charge >= 0.3 is 0 Å². The summed E-state index contributed by atoms with van der Waals surface area (Å²) in [4.78, 5) is 13.0. The second-order valence-corrected chi connectivity index (χ2v) is 6.75. The molecule has 0 aliphatic carbocycles. The van der Waals surface area contributed by atoms with E-state index in [0.29, 0.717) is 30.3 Å². The second kappa shape index (κ2) is 7.27. The summed E-state index contributed by atoms with van der Waals surface area (Å²) in [6.45, 7) is 3.76. The molecule has 24 heavy (non-hydrogen) atoms. The minimum absolute atomic E-state index is 0.109. The summed E-state index contributed by atoms with van der Waals surface area (Å²) in [5.41, 5.74) is 1.75. The molecule has 128 valence electrons. The van der Waals surface area contributed by atoms with Crippen molar-refractivity contribution in [2.75, 3.05) is 26.9 Å². The van der Waals surface area contributed by atoms with Gasteiger partial charge in [-0.05, 0) is 49.0 Å². The van der Waals surface area contributed by atoms with E-state index in [1.54, 1.807) is 14.0 Å². The van der Waals surface area contributed by atoms with Crippen LogP contribution in [0, 0.1) is 6.92 Å². The Hall–Kier alpha value is -1.99. The SMILES string of the molecule is COc1ccc(C2(CNC(=O)c3snnc3C)CCOCC2)cc1. The number of hydrogen-bond acceptors (Lipinski definition) is 6. The number of carbonyl (C=O) groups excluding carboxylic acids is 1. The molecule has 0 radical (unpaired) electrons. The van der Waals surface area contributed by atoms with Crippen molar-refractivity contribution in [2.45, 2.75) is 25.2 Å². The number of nitrogens with one attached hydrogen (secondary N) is 1. The lowest BCUT2D eigenvalue weighted by Gasteiger charge is -2.38. The lowest BCUT2D eigenvalue weighted by atomic mass is 9.74. The van der Waals surface area contributed by atoms with Crippen molar-refractivity contribution in [2.24, 2.45) is 0 Å². The van der Waals surface area contributed by atoms with Crippen molar-refractivity contribution in [1.82, 2.24) is 14.9 Å². The van der Waals surface area contributed by atoms with Crippen LogP contribution in [-0.2, 0) is 10.2 Å². The van der Waals surface area contributed by atoms with E-state index in [-0.39, 0.29) is 11.3 Å². The second-order valence-electron chi connectivity index (χ2n) is 5.99. The Balaban J connectivity index is 1.78. The average Bonchev–Trinajstić information content (AvgIpc) is 3.06. The van der Waals surface area contributed by atoms with E-state index in [4.69, 9.17) is 9.47 Å². The minimum atomic E-state index is -0.119. The third-order valence-electron chi connectivity index (χ3n) is 4.60. The van der Waals surface area contributed by atoms with Crippen LogP contribution in [0.25, 0.3) is 0 Å². The number of aromatic nitrogens is 2. The van der Waals surface area contributed by atoms with E-state index in [9.17, 15) is 4.79 Å². The Bertz CT molecular complexity index is 693. The van der Waals surface area contributed by atoms with Gasteiger partial charge in [-0.2, -0.15) is 0 Å². The predicted octanol–water partition coefficient (Wildman–Crippen LogP) is 2.33. The van der Waals surface area contributed by atoms with Crippen LogP contribution in [-0.4, -0.2) is 42.4 Å². The molecule has 1 saturated heterocycles. The van der Waals surface area contributed by atoms with E-state index >= 15 is 0 Å². The molecule has 0 spiro atoms. The van der Waals surface area contributed by atoms with Crippen LogP contribution in [0.3, 0.4) is 0 Å². The van der Waals surface area contributed by atoms with Crippen LogP contribution in [0.2, 0.25) is 0 Å². The van der Waals surface area contributed by atoms with Gasteiger partial charge in [-0.15, -0.1) is 5.10 Å². The van der Waals surface area contributed by atoms with Crippen LogP contribution < -0.4 is 10.1 Å². The molecule has 6 nitrogen and oxygen atoms in total. The fourth-order valence-electron chi connectivity index (χ4n) is 3.04. The fourth-order valence-corrected chi connectivity index (χ4v) is 3.62. The Labute approximate surface area is 145 Å². The number of carbonyl (C=O) groups is 1. The van der Waals surface area contributed by atoms with Gasteiger partial charge in [0.1, 0.15) is 10.6 Å². The number of aryl methyl sites for hydroxylation is 1. The molecule has 0 bridgehead atoms. The number of rotatable bonds is 5. The summed E-state index contributed by atoms with van der Waals surface area (Å²) in [6.07, 6.45) is 1.75. The standard InChI is InChI=1S/C17H21N3O3S/c1-12-15(24-20-19-12)16(21)18-11-17(7-9-23-10-8-17)13-3-5-14(22-2)6-4-13/h3-6H,7-11H2,1-2H3,(H,18,21). The monoisotopic (exact) mass is 347 g/mol. The maximum Gasteiger partial charge on any atom is 0.264 e. The maximum absolute atomic E-state index is 12.4. The highest BCUT2D eigenvalue weighted by Gasteiger charge is 2.35. The molecule has 1 N–H and O–H groups in total. The molecule has 0 saturated carbocycles. The fraction of sp³-hybridized carbons (Fsp3) is 0.471. The van der Waals surface area contributed by atoms with Crippen LogP contribution in [0.15, 0.2) is 24.3 Å². The van der Waals surface area contributed by atoms with Crippen LogP contribution in [0.5, 0.6) is 5.75 Å². The number of benzene rings is 1. The highest BCUT2D eigenvalue weighted by atomic mass is 32.1. The smallest absolute Gasteiger partial charge is 0.264 e. The molecule has 0 atom stereocenters. The minimum Gasteiger partial charge on any atom is -0.497 e. The first-order chi connectivity index (χ1) is 11.6. The zero-order valence-electron chi connectivity index (χ0n) is 13.9. The first kappa shape index (κ1) is 16.9. The number of amides is 1. The van der Waals surface area contributed by atoms with Gasteiger partial charge in [-0.1, -0.05) is 16.6 Å². The first-order valence-electron chi connectivity index (χ1n) is 7.94. The van der Waals surface area contributed by atoms with Crippen molar-refractivity contribution >= 4 is 17.4 Å². The van der Waals surface area contributed by atoms with Crippen molar-refractivity contribution in [3.8, 4) is 5.75 Å². The summed E-state index contributed by atoms with van der Waals surface area (Å²) in [7, 11) is 1.66. The number of methoxy groups -OCH3 is 1. The van der Waals surface area contributed by atoms with E-state index in [2.05, 4.69) is 27.0 Å². The van der Waals surface area contributed by atoms with Crippen LogP contribution >= 0.6 is 11.5 Å². The third kappa shape index (κ3) is 3.42. The molecular weight excluding hydrogens is 326 g/mol. The Kier molecular flexibility index (Phi) is 5.11. The number of hydrogen-bond donors (Lipinski definition) is 1. The topological polar surface area (TPSA) is 73.3 Å². The summed E-state index contributed by atoms with van der Waals surface area (Å²) >= 11 is 1.13. The zero-order valence-corrected chi connectivity index (χ0v) is 14.7. The maximum atomic E-state index is 12.4. The van der Waals surface area contributed by atoms with Crippen molar-refractivity contribution < 1.29 is 14.3 Å². The average molecular weight is 347 g/mol. The first-order valence-corrected chi connectivity index (χ1v) is 8.71. The number of nitrogens with zero attached hydrogens (tertiary/aromatic N) is 2. The summed E-state index contributed by atoms with van der Waals surface area (Å²) in [5.74, 6) is 0.721. The van der Waals surface area contributed by atoms with Crippen molar-refractivity contribution in [3.05, 3.63) is 40.4 Å². The molecule has 0 unspecified atom stereocenters. The van der Waals surface area contributed by atoms with E-state index in [1.165, 1.54) is 5.56 Å². The van der Waals surface area contributed by atoms with Gasteiger partial charge in [-0.25, -0.2) is 0 Å². The lowest BCUT2D eigenvalue weighted by Crippen LogP contribution is -2.44. The van der Waals surface area contributed by atoms with Crippen molar-refractivity contribution in [1.29, 1.82) is 0 Å². The van der Waals surface area contributed by atoms with Gasteiger partial charge in [0.05, 0.1) is 12.8 Å². The Morgan fingerprint density at radius 1 is 1.33 bits per heavy atom. The highest BCUT2D eigenvalue weighted by molar-refractivity contribution is 7.07. The Morgan fingerprint density at radius 2 is 2.04 bits per heavy atom. The Morgan fingerprint density at radius 3 is 2.62 bits per heavy atom.